The van der Waals surface area contributed by atoms with Gasteiger partial charge in [0.05, 0.1) is 19.6 Å². The molecule has 4 nitrogen and oxygen atoms in total. The highest BCUT2D eigenvalue weighted by atomic mass is 16.5. The second-order valence-electron chi connectivity index (χ2n) is 8.15. The van der Waals surface area contributed by atoms with E-state index in [0.717, 1.165) is 25.4 Å². The molecule has 1 heterocycles. The number of hydrogen-bond acceptors (Lipinski definition) is 4. The highest BCUT2D eigenvalue weighted by Crippen LogP contribution is 2.45. The first-order chi connectivity index (χ1) is 12.0. The van der Waals surface area contributed by atoms with Crippen molar-refractivity contribution in [3.63, 3.8) is 0 Å². The predicted molar refractivity (Wildman–Crippen MR) is 98.8 cm³/mol. The summed E-state index contributed by atoms with van der Waals surface area (Å²) in [5.41, 5.74) is 1.48. The summed E-state index contributed by atoms with van der Waals surface area (Å²) in [6.07, 6.45) is 2.88. The molecule has 1 aromatic carbocycles. The SMILES string of the molecule is CCOC(=O)CC(c1cccc(OCC2CNCC2(C)C)c1)C1CC1. The quantitative estimate of drug-likeness (QED) is 0.729. The van der Waals surface area contributed by atoms with Gasteiger partial charge in [-0.1, -0.05) is 26.0 Å². The summed E-state index contributed by atoms with van der Waals surface area (Å²) in [4.78, 5) is 12.0. The van der Waals surface area contributed by atoms with Gasteiger partial charge < -0.3 is 14.8 Å². The third-order valence-corrected chi connectivity index (χ3v) is 5.70. The molecule has 1 aromatic rings. The van der Waals surface area contributed by atoms with Gasteiger partial charge in [0, 0.05) is 19.0 Å². The monoisotopic (exact) mass is 345 g/mol. The fraction of sp³-hybridized carbons (Fsp3) is 0.667. The molecule has 2 atom stereocenters. The lowest BCUT2D eigenvalue weighted by molar-refractivity contribution is -0.143. The van der Waals surface area contributed by atoms with Crippen molar-refractivity contribution in [2.45, 2.75) is 46.0 Å². The average Bonchev–Trinajstić information content (AvgIpc) is 3.35. The molecule has 0 amide bonds. The Morgan fingerprint density at radius 2 is 2.16 bits per heavy atom. The van der Waals surface area contributed by atoms with Crippen molar-refractivity contribution in [3.8, 4) is 5.75 Å². The second kappa shape index (κ2) is 7.77. The van der Waals surface area contributed by atoms with E-state index >= 15 is 0 Å². The standard InChI is InChI=1S/C21H31NO3/c1-4-24-20(23)11-19(15-8-9-15)16-6-5-7-18(10-16)25-13-17-12-22-14-21(17,2)3/h5-7,10,15,17,19,22H,4,8-9,11-14H2,1-3H3. The summed E-state index contributed by atoms with van der Waals surface area (Å²) in [6, 6.07) is 8.31. The Morgan fingerprint density at radius 1 is 1.36 bits per heavy atom. The van der Waals surface area contributed by atoms with E-state index in [2.05, 4.69) is 31.3 Å². The van der Waals surface area contributed by atoms with Crippen LogP contribution in [-0.4, -0.2) is 32.3 Å². The van der Waals surface area contributed by atoms with Crippen LogP contribution in [0.2, 0.25) is 0 Å². The molecule has 1 saturated heterocycles. The Morgan fingerprint density at radius 3 is 2.80 bits per heavy atom. The van der Waals surface area contributed by atoms with Gasteiger partial charge in [0.2, 0.25) is 0 Å². The zero-order valence-corrected chi connectivity index (χ0v) is 15.7. The third-order valence-electron chi connectivity index (χ3n) is 5.70. The first-order valence-corrected chi connectivity index (χ1v) is 9.58. The Hall–Kier alpha value is -1.55. The molecule has 3 rings (SSSR count). The first-order valence-electron chi connectivity index (χ1n) is 9.58. The van der Waals surface area contributed by atoms with E-state index in [1.807, 2.05) is 19.1 Å². The van der Waals surface area contributed by atoms with Gasteiger partial charge in [-0.05, 0) is 54.7 Å². The van der Waals surface area contributed by atoms with Gasteiger partial charge in [-0.15, -0.1) is 0 Å². The Balaban J connectivity index is 1.64. The van der Waals surface area contributed by atoms with Crippen LogP contribution in [0.4, 0.5) is 0 Å². The van der Waals surface area contributed by atoms with E-state index in [9.17, 15) is 4.79 Å². The van der Waals surface area contributed by atoms with Crippen molar-refractivity contribution < 1.29 is 14.3 Å². The average molecular weight is 345 g/mol. The topological polar surface area (TPSA) is 47.6 Å². The maximum atomic E-state index is 12.0. The number of rotatable bonds is 8. The molecule has 2 unspecified atom stereocenters. The third kappa shape index (κ3) is 4.75. The molecule has 1 saturated carbocycles. The van der Waals surface area contributed by atoms with Crippen molar-refractivity contribution in [2.24, 2.45) is 17.3 Å². The maximum Gasteiger partial charge on any atom is 0.306 e. The van der Waals surface area contributed by atoms with Crippen molar-refractivity contribution in [1.82, 2.24) is 5.32 Å². The molecular weight excluding hydrogens is 314 g/mol. The molecule has 0 bridgehead atoms. The van der Waals surface area contributed by atoms with Crippen LogP contribution in [0.1, 0.15) is 51.5 Å². The van der Waals surface area contributed by atoms with E-state index < -0.39 is 0 Å². The zero-order valence-electron chi connectivity index (χ0n) is 15.7. The molecule has 0 aromatic heterocycles. The van der Waals surface area contributed by atoms with Gasteiger partial charge in [-0.2, -0.15) is 0 Å². The largest absolute Gasteiger partial charge is 0.493 e. The van der Waals surface area contributed by atoms with Gasteiger partial charge in [-0.3, -0.25) is 4.79 Å². The number of ether oxygens (including phenoxy) is 2. The Kier molecular flexibility index (Phi) is 5.67. The summed E-state index contributed by atoms with van der Waals surface area (Å²) >= 11 is 0. The van der Waals surface area contributed by atoms with Crippen LogP contribution in [0.15, 0.2) is 24.3 Å². The minimum atomic E-state index is -0.0931. The van der Waals surface area contributed by atoms with Crippen LogP contribution in [0.25, 0.3) is 0 Å². The molecule has 138 valence electrons. The lowest BCUT2D eigenvalue weighted by atomic mass is 9.83. The Bertz CT molecular complexity index is 595. The minimum Gasteiger partial charge on any atom is -0.493 e. The van der Waals surface area contributed by atoms with E-state index in [1.165, 1.54) is 18.4 Å². The van der Waals surface area contributed by atoms with Gasteiger partial charge >= 0.3 is 5.97 Å². The summed E-state index contributed by atoms with van der Waals surface area (Å²) in [5, 5.41) is 3.45. The molecule has 0 radical (unpaired) electrons. The lowest BCUT2D eigenvalue weighted by Gasteiger charge is -2.25. The van der Waals surface area contributed by atoms with Crippen molar-refractivity contribution >= 4 is 5.97 Å². The van der Waals surface area contributed by atoms with Crippen molar-refractivity contribution in [1.29, 1.82) is 0 Å². The first kappa shape index (κ1) is 18.2. The highest BCUT2D eigenvalue weighted by molar-refractivity contribution is 5.70. The molecule has 1 aliphatic carbocycles. The van der Waals surface area contributed by atoms with E-state index in [4.69, 9.17) is 9.47 Å². The number of nitrogens with one attached hydrogen (secondary N) is 1. The van der Waals surface area contributed by atoms with Gasteiger partial charge in [0.25, 0.3) is 0 Å². The van der Waals surface area contributed by atoms with Gasteiger partial charge in [0.15, 0.2) is 0 Å². The number of esters is 1. The number of benzene rings is 1. The molecule has 4 heteroatoms. The lowest BCUT2D eigenvalue weighted by Crippen LogP contribution is -2.27. The van der Waals surface area contributed by atoms with E-state index in [0.29, 0.717) is 24.9 Å². The number of hydrogen-bond donors (Lipinski definition) is 1. The molecule has 0 spiro atoms. The minimum absolute atomic E-state index is 0.0931. The van der Waals surface area contributed by atoms with Crippen LogP contribution < -0.4 is 10.1 Å². The van der Waals surface area contributed by atoms with Crippen LogP contribution in [0, 0.1) is 17.3 Å². The van der Waals surface area contributed by atoms with E-state index in [-0.39, 0.29) is 17.3 Å². The number of carbonyl (C=O) groups is 1. The fourth-order valence-electron chi connectivity index (χ4n) is 3.76. The molecule has 2 fully saturated rings. The van der Waals surface area contributed by atoms with Crippen molar-refractivity contribution in [2.75, 3.05) is 26.3 Å². The summed E-state index contributed by atoms with van der Waals surface area (Å²) < 4.78 is 11.3. The fourth-order valence-corrected chi connectivity index (χ4v) is 3.76. The number of carbonyl (C=O) groups excluding carboxylic acids is 1. The molecule has 2 aliphatic rings. The zero-order chi connectivity index (χ0) is 17.9. The van der Waals surface area contributed by atoms with Gasteiger partial charge in [0.1, 0.15) is 5.75 Å². The van der Waals surface area contributed by atoms with Crippen molar-refractivity contribution in [3.05, 3.63) is 29.8 Å². The molecular formula is C21H31NO3. The smallest absolute Gasteiger partial charge is 0.306 e. The molecule has 25 heavy (non-hydrogen) atoms. The van der Waals surface area contributed by atoms with E-state index in [1.54, 1.807) is 0 Å². The van der Waals surface area contributed by atoms with Crippen LogP contribution >= 0.6 is 0 Å². The van der Waals surface area contributed by atoms with Crippen LogP contribution in [0.5, 0.6) is 5.75 Å². The van der Waals surface area contributed by atoms with Gasteiger partial charge in [-0.25, -0.2) is 0 Å². The second-order valence-corrected chi connectivity index (χ2v) is 8.15. The predicted octanol–water partition coefficient (Wildman–Crippen LogP) is 3.76. The summed E-state index contributed by atoms with van der Waals surface area (Å²) in [7, 11) is 0. The van der Waals surface area contributed by atoms with Crippen LogP contribution in [0.3, 0.4) is 0 Å². The van der Waals surface area contributed by atoms with Crippen LogP contribution in [-0.2, 0) is 9.53 Å². The summed E-state index contributed by atoms with van der Waals surface area (Å²) in [5.74, 6) is 2.21. The molecule has 1 aliphatic heterocycles. The normalized spacial score (nSPS) is 23.2. The molecule has 1 N–H and O–H groups in total. The summed E-state index contributed by atoms with van der Waals surface area (Å²) in [6.45, 7) is 9.68. The maximum absolute atomic E-state index is 12.0. The highest BCUT2D eigenvalue weighted by Gasteiger charge is 2.35. The Labute approximate surface area is 151 Å².